The molecule has 1 N–H and O–H groups in total. The van der Waals surface area contributed by atoms with E-state index in [-0.39, 0.29) is 24.5 Å². The molecule has 0 atom stereocenters. The topological polar surface area (TPSA) is 59.1 Å². The van der Waals surface area contributed by atoms with Crippen LogP contribution in [-0.4, -0.2) is 16.7 Å². The molecule has 24 heavy (non-hydrogen) atoms. The van der Waals surface area contributed by atoms with Gasteiger partial charge in [0.15, 0.2) is 10.9 Å². The molecule has 0 unspecified atom stereocenters. The fourth-order valence-electron chi connectivity index (χ4n) is 2.43. The molecule has 0 aliphatic rings. The molecule has 0 fully saturated rings. The summed E-state index contributed by atoms with van der Waals surface area (Å²) in [5.41, 5.74) is 3.17. The second kappa shape index (κ2) is 6.83. The lowest BCUT2D eigenvalue weighted by molar-refractivity contribution is -0.116. The first-order valence-electron chi connectivity index (χ1n) is 7.70. The lowest BCUT2D eigenvalue weighted by Crippen LogP contribution is -2.13. The van der Waals surface area contributed by atoms with Gasteiger partial charge in [0.25, 0.3) is 0 Å². The zero-order chi connectivity index (χ0) is 17.3. The molecule has 0 aliphatic carbocycles. The highest BCUT2D eigenvalue weighted by Crippen LogP contribution is 2.31. The molecule has 124 valence electrons. The van der Waals surface area contributed by atoms with Crippen molar-refractivity contribution in [3.63, 3.8) is 0 Å². The van der Waals surface area contributed by atoms with Gasteiger partial charge in [0.05, 0.1) is 15.1 Å². The standard InChI is InChI=1S/C18H18N2O2S2/c1-10-4-5-11(2)17-16(10)20-18(24-17)19-15(22)9-7-13(21)14-8-6-12(3)23-14/h4-6,8H,7,9H2,1-3H3,(H,19,20,22). The molecule has 4 nitrogen and oxygen atoms in total. The molecule has 0 aliphatic heterocycles. The summed E-state index contributed by atoms with van der Waals surface area (Å²) in [5.74, 6) is -0.162. The number of carbonyl (C=O) groups is 2. The van der Waals surface area contributed by atoms with Gasteiger partial charge in [0, 0.05) is 17.7 Å². The number of anilines is 1. The monoisotopic (exact) mass is 358 g/mol. The van der Waals surface area contributed by atoms with Crippen LogP contribution in [0.3, 0.4) is 0 Å². The Morgan fingerprint density at radius 3 is 2.42 bits per heavy atom. The Labute approximate surface area is 148 Å². The summed E-state index contributed by atoms with van der Waals surface area (Å²) in [6, 6.07) is 7.83. The lowest BCUT2D eigenvalue weighted by atomic mass is 10.1. The zero-order valence-corrected chi connectivity index (χ0v) is 15.4. The largest absolute Gasteiger partial charge is 0.302 e. The van der Waals surface area contributed by atoms with Crippen molar-refractivity contribution >= 4 is 49.7 Å². The number of nitrogens with one attached hydrogen (secondary N) is 1. The number of hydrogen-bond donors (Lipinski definition) is 1. The van der Waals surface area contributed by atoms with E-state index in [0.29, 0.717) is 10.0 Å². The molecule has 3 aromatic rings. The Bertz CT molecular complexity index is 885. The third-order valence-corrected chi connectivity index (χ3v) is 5.93. The zero-order valence-electron chi connectivity index (χ0n) is 13.8. The highest BCUT2D eigenvalue weighted by atomic mass is 32.1. The molecular formula is C18H18N2O2S2. The molecule has 1 aromatic carbocycles. The third kappa shape index (κ3) is 3.55. The maximum atomic E-state index is 12.1. The van der Waals surface area contributed by atoms with Crippen LogP contribution < -0.4 is 5.32 Å². The minimum absolute atomic E-state index is 0.0132. The first kappa shape index (κ1) is 16.8. The number of nitrogens with zero attached hydrogens (tertiary/aromatic N) is 1. The number of Topliss-reactive ketones (excluding diaryl/α,β-unsaturated/α-hetero) is 1. The van der Waals surface area contributed by atoms with E-state index < -0.39 is 0 Å². The van der Waals surface area contributed by atoms with Crippen LogP contribution in [0.5, 0.6) is 0 Å². The fraction of sp³-hybridized carbons (Fsp3) is 0.278. The lowest BCUT2D eigenvalue weighted by Gasteiger charge is -2.00. The number of fused-ring (bicyclic) bond motifs is 1. The van der Waals surface area contributed by atoms with E-state index in [2.05, 4.69) is 16.4 Å². The number of hydrogen-bond acceptors (Lipinski definition) is 5. The van der Waals surface area contributed by atoms with Gasteiger partial charge in [-0.1, -0.05) is 23.5 Å². The molecule has 3 rings (SSSR count). The van der Waals surface area contributed by atoms with Crippen molar-refractivity contribution in [3.8, 4) is 0 Å². The summed E-state index contributed by atoms with van der Waals surface area (Å²) < 4.78 is 1.09. The van der Waals surface area contributed by atoms with E-state index in [0.717, 1.165) is 26.2 Å². The molecule has 1 amide bonds. The van der Waals surface area contributed by atoms with E-state index in [1.54, 1.807) is 0 Å². The number of benzene rings is 1. The van der Waals surface area contributed by atoms with Gasteiger partial charge in [-0.2, -0.15) is 0 Å². The van der Waals surface area contributed by atoms with E-state index in [4.69, 9.17) is 0 Å². The predicted molar refractivity (Wildman–Crippen MR) is 100 cm³/mol. The summed E-state index contributed by atoms with van der Waals surface area (Å²) >= 11 is 2.94. The van der Waals surface area contributed by atoms with Crippen LogP contribution in [0.15, 0.2) is 24.3 Å². The highest BCUT2D eigenvalue weighted by molar-refractivity contribution is 7.22. The molecule has 0 radical (unpaired) electrons. The van der Waals surface area contributed by atoms with Gasteiger partial charge in [0.2, 0.25) is 5.91 Å². The average molecular weight is 358 g/mol. The minimum Gasteiger partial charge on any atom is -0.302 e. The summed E-state index contributed by atoms with van der Waals surface area (Å²) in [5, 5.41) is 3.41. The second-order valence-corrected chi connectivity index (χ2v) is 8.06. The number of ketones is 1. The first-order valence-corrected chi connectivity index (χ1v) is 9.33. The first-order chi connectivity index (χ1) is 11.4. The smallest absolute Gasteiger partial charge is 0.226 e. The maximum absolute atomic E-state index is 12.1. The van der Waals surface area contributed by atoms with Crippen LogP contribution in [0.25, 0.3) is 10.2 Å². The van der Waals surface area contributed by atoms with E-state index in [1.165, 1.54) is 22.7 Å². The molecule has 2 heterocycles. The van der Waals surface area contributed by atoms with E-state index in [1.807, 2.05) is 39.0 Å². The normalized spacial score (nSPS) is 11.0. The van der Waals surface area contributed by atoms with Crippen LogP contribution in [0.1, 0.15) is 38.5 Å². The summed E-state index contributed by atoms with van der Waals surface area (Å²) in [7, 11) is 0. The Hall–Kier alpha value is -2.05. The van der Waals surface area contributed by atoms with Crippen molar-refractivity contribution in [2.75, 3.05) is 5.32 Å². The average Bonchev–Trinajstić information content (AvgIpc) is 3.16. The number of thiazole rings is 1. The summed E-state index contributed by atoms with van der Waals surface area (Å²) in [6.07, 6.45) is 0.387. The van der Waals surface area contributed by atoms with Crippen LogP contribution in [0, 0.1) is 20.8 Å². The van der Waals surface area contributed by atoms with Crippen LogP contribution in [0.4, 0.5) is 5.13 Å². The van der Waals surface area contributed by atoms with Crippen molar-refractivity contribution < 1.29 is 9.59 Å². The number of carbonyl (C=O) groups excluding carboxylic acids is 2. The van der Waals surface area contributed by atoms with Crippen molar-refractivity contribution in [1.82, 2.24) is 4.98 Å². The van der Waals surface area contributed by atoms with Gasteiger partial charge in [0.1, 0.15) is 0 Å². The van der Waals surface area contributed by atoms with Crippen LogP contribution in [0.2, 0.25) is 0 Å². The third-order valence-electron chi connectivity index (χ3n) is 3.78. The number of aromatic nitrogens is 1. The van der Waals surface area contributed by atoms with E-state index in [9.17, 15) is 9.59 Å². The van der Waals surface area contributed by atoms with Crippen molar-refractivity contribution in [3.05, 3.63) is 45.1 Å². The van der Waals surface area contributed by atoms with Gasteiger partial charge in [-0.3, -0.25) is 9.59 Å². The summed E-state index contributed by atoms with van der Waals surface area (Å²) in [6.45, 7) is 6.01. The molecule has 0 saturated carbocycles. The highest BCUT2D eigenvalue weighted by Gasteiger charge is 2.14. The molecular weight excluding hydrogens is 340 g/mol. The Kier molecular flexibility index (Phi) is 4.78. The molecule has 0 bridgehead atoms. The SMILES string of the molecule is Cc1ccc(C(=O)CCC(=O)Nc2nc3c(C)ccc(C)c3s2)s1. The van der Waals surface area contributed by atoms with Crippen LogP contribution in [-0.2, 0) is 4.79 Å². The summed E-state index contributed by atoms with van der Waals surface area (Å²) in [4.78, 5) is 30.5. The maximum Gasteiger partial charge on any atom is 0.226 e. The van der Waals surface area contributed by atoms with Gasteiger partial charge in [-0.25, -0.2) is 4.98 Å². The number of aryl methyl sites for hydroxylation is 3. The van der Waals surface area contributed by atoms with Gasteiger partial charge >= 0.3 is 0 Å². The van der Waals surface area contributed by atoms with Crippen molar-refractivity contribution in [2.45, 2.75) is 33.6 Å². The Morgan fingerprint density at radius 2 is 1.75 bits per heavy atom. The Balaban J connectivity index is 1.64. The van der Waals surface area contributed by atoms with Crippen molar-refractivity contribution in [2.24, 2.45) is 0 Å². The van der Waals surface area contributed by atoms with Crippen molar-refractivity contribution in [1.29, 1.82) is 0 Å². The minimum atomic E-state index is -0.175. The second-order valence-electron chi connectivity index (χ2n) is 5.78. The molecule has 6 heteroatoms. The van der Waals surface area contributed by atoms with E-state index >= 15 is 0 Å². The molecule has 0 spiro atoms. The molecule has 2 aromatic heterocycles. The number of rotatable bonds is 5. The molecule has 0 saturated heterocycles. The number of amides is 1. The van der Waals surface area contributed by atoms with Gasteiger partial charge < -0.3 is 5.32 Å². The number of thiophene rings is 1. The van der Waals surface area contributed by atoms with Crippen LogP contribution >= 0.6 is 22.7 Å². The fourth-order valence-corrected chi connectivity index (χ4v) is 4.29. The quantitative estimate of drug-likeness (QED) is 0.661. The van der Waals surface area contributed by atoms with Gasteiger partial charge in [-0.05, 0) is 44.0 Å². The predicted octanol–water partition coefficient (Wildman–Crippen LogP) is 4.88. The Morgan fingerprint density at radius 1 is 1.00 bits per heavy atom. The van der Waals surface area contributed by atoms with Gasteiger partial charge in [-0.15, -0.1) is 11.3 Å².